The highest BCUT2D eigenvalue weighted by Crippen LogP contribution is 2.28. The molecule has 0 amide bonds. The molecule has 1 unspecified atom stereocenters. The Morgan fingerprint density at radius 1 is 1.47 bits per heavy atom. The van der Waals surface area contributed by atoms with Gasteiger partial charge in [-0.1, -0.05) is 0 Å². The molecule has 0 aliphatic heterocycles. The summed E-state index contributed by atoms with van der Waals surface area (Å²) in [5, 5.41) is 9.88. The van der Waals surface area contributed by atoms with E-state index >= 15 is 0 Å². The number of pyridine rings is 1. The van der Waals surface area contributed by atoms with E-state index in [4.69, 9.17) is 0 Å². The van der Waals surface area contributed by atoms with Crippen molar-refractivity contribution in [2.75, 3.05) is 0 Å². The predicted molar refractivity (Wildman–Crippen MR) is 51.7 cm³/mol. The highest BCUT2D eigenvalue weighted by Gasteiger charge is 2.23. The van der Waals surface area contributed by atoms with Gasteiger partial charge in [0.05, 0.1) is 0 Å². The van der Waals surface area contributed by atoms with E-state index in [1.54, 1.807) is 29.9 Å². The summed E-state index contributed by atoms with van der Waals surface area (Å²) in [7, 11) is 1.71. The second-order valence-electron chi connectivity index (χ2n) is 3.35. The van der Waals surface area contributed by atoms with Crippen LogP contribution in [-0.2, 0) is 7.05 Å². The Labute approximate surface area is 85.0 Å². The van der Waals surface area contributed by atoms with Crippen LogP contribution in [0.2, 0.25) is 0 Å². The number of hydrogen-bond acceptors (Lipinski definition) is 2. The molecule has 2 aromatic heterocycles. The minimum Gasteiger partial charge on any atom is -0.382 e. The largest absolute Gasteiger partial charge is 0.382 e. The summed E-state index contributed by atoms with van der Waals surface area (Å²) in [4.78, 5) is 4.05. The zero-order valence-corrected chi connectivity index (χ0v) is 8.06. The minimum atomic E-state index is -2.78. The fraction of sp³-hybridized carbons (Fsp3) is 0.300. The highest BCUT2D eigenvalue weighted by atomic mass is 19.3. The maximum atomic E-state index is 12.4. The van der Waals surface area contributed by atoms with Crippen molar-refractivity contribution in [2.24, 2.45) is 7.05 Å². The first-order chi connectivity index (χ1) is 7.11. The van der Waals surface area contributed by atoms with E-state index in [-0.39, 0.29) is 5.56 Å². The molecule has 2 rings (SSSR count). The summed E-state index contributed by atoms with van der Waals surface area (Å²) in [5.41, 5.74) is 0.808. The number of hydrogen-bond donors (Lipinski definition) is 1. The third-order valence-electron chi connectivity index (χ3n) is 2.32. The quantitative estimate of drug-likeness (QED) is 0.825. The molecule has 0 spiro atoms. The van der Waals surface area contributed by atoms with Crippen molar-refractivity contribution in [2.45, 2.75) is 12.5 Å². The Bertz CT molecular complexity index is 481. The molecule has 0 fully saturated rings. The topological polar surface area (TPSA) is 38.0 Å². The first-order valence-corrected chi connectivity index (χ1v) is 4.47. The van der Waals surface area contributed by atoms with Gasteiger partial charge in [0.25, 0.3) is 6.43 Å². The van der Waals surface area contributed by atoms with Crippen LogP contribution in [0.4, 0.5) is 8.78 Å². The lowest BCUT2D eigenvalue weighted by molar-refractivity contribution is -0.00502. The van der Waals surface area contributed by atoms with Crippen molar-refractivity contribution in [1.29, 1.82) is 0 Å². The van der Waals surface area contributed by atoms with E-state index < -0.39 is 12.5 Å². The van der Waals surface area contributed by atoms with E-state index in [1.807, 2.05) is 0 Å². The van der Waals surface area contributed by atoms with Gasteiger partial charge in [-0.2, -0.15) is 0 Å². The first kappa shape index (κ1) is 10.0. The number of fused-ring (bicyclic) bond motifs is 1. The van der Waals surface area contributed by atoms with Crippen molar-refractivity contribution in [3.8, 4) is 0 Å². The van der Waals surface area contributed by atoms with Crippen molar-refractivity contribution in [3.05, 3.63) is 30.1 Å². The van der Waals surface area contributed by atoms with Gasteiger partial charge in [0, 0.05) is 30.4 Å². The molecule has 0 aliphatic rings. The lowest BCUT2D eigenvalue weighted by Gasteiger charge is -2.07. The molecule has 2 heterocycles. The van der Waals surface area contributed by atoms with E-state index in [2.05, 4.69) is 4.98 Å². The number of alkyl halides is 2. The summed E-state index contributed by atoms with van der Waals surface area (Å²) in [6.07, 6.45) is -1.47. The first-order valence-electron chi connectivity index (χ1n) is 4.47. The minimum absolute atomic E-state index is 0.218. The zero-order valence-electron chi connectivity index (χ0n) is 8.06. The molecule has 2 aromatic rings. The van der Waals surface area contributed by atoms with E-state index in [0.29, 0.717) is 11.0 Å². The van der Waals surface area contributed by atoms with Gasteiger partial charge in [-0.3, -0.25) is 0 Å². The lowest BCUT2D eigenvalue weighted by atomic mass is 10.1. The van der Waals surface area contributed by atoms with Gasteiger partial charge >= 0.3 is 0 Å². The molecule has 1 atom stereocenters. The Balaban J connectivity index is 2.62. The maximum Gasteiger partial charge on any atom is 0.268 e. The Morgan fingerprint density at radius 3 is 2.87 bits per heavy atom. The molecule has 3 nitrogen and oxygen atoms in total. The molecule has 0 saturated heterocycles. The van der Waals surface area contributed by atoms with Crippen LogP contribution in [0.15, 0.2) is 24.5 Å². The number of aromatic nitrogens is 2. The van der Waals surface area contributed by atoms with Crippen LogP contribution < -0.4 is 0 Å². The summed E-state index contributed by atoms with van der Waals surface area (Å²) in [5.74, 6) is 0. The maximum absolute atomic E-state index is 12.4. The molecule has 5 heteroatoms. The molecule has 80 valence electrons. The predicted octanol–water partition coefficient (Wildman–Crippen LogP) is 1.87. The van der Waals surface area contributed by atoms with Crippen LogP contribution in [0, 0.1) is 0 Å². The molecule has 0 aromatic carbocycles. The van der Waals surface area contributed by atoms with E-state index in [9.17, 15) is 13.9 Å². The summed E-state index contributed by atoms with van der Waals surface area (Å²) >= 11 is 0. The fourth-order valence-corrected chi connectivity index (χ4v) is 1.61. The van der Waals surface area contributed by atoms with Crippen LogP contribution in [0.25, 0.3) is 11.0 Å². The van der Waals surface area contributed by atoms with Crippen molar-refractivity contribution < 1.29 is 13.9 Å². The van der Waals surface area contributed by atoms with Gasteiger partial charge < -0.3 is 9.67 Å². The highest BCUT2D eigenvalue weighted by molar-refractivity contribution is 5.80. The van der Waals surface area contributed by atoms with Crippen LogP contribution >= 0.6 is 0 Å². The lowest BCUT2D eigenvalue weighted by Crippen LogP contribution is -2.07. The zero-order chi connectivity index (χ0) is 11.0. The van der Waals surface area contributed by atoms with Crippen LogP contribution in [0.1, 0.15) is 11.7 Å². The number of halogens is 2. The average Bonchev–Trinajstić information content (AvgIpc) is 2.56. The van der Waals surface area contributed by atoms with Crippen LogP contribution in [-0.4, -0.2) is 21.1 Å². The summed E-state index contributed by atoms with van der Waals surface area (Å²) in [6, 6.07) is 3.33. The molecule has 1 N–H and O–H groups in total. The second-order valence-corrected chi connectivity index (χ2v) is 3.35. The third-order valence-corrected chi connectivity index (χ3v) is 2.32. The summed E-state index contributed by atoms with van der Waals surface area (Å²) < 4.78 is 26.4. The number of nitrogens with zero attached hydrogens (tertiary/aromatic N) is 2. The molecular weight excluding hydrogens is 202 g/mol. The van der Waals surface area contributed by atoms with Crippen molar-refractivity contribution in [3.63, 3.8) is 0 Å². The molecular formula is C10H10F2N2O. The SMILES string of the molecule is Cn1cc(C(O)C(F)F)c2cccnc21. The fourth-order valence-electron chi connectivity index (χ4n) is 1.61. The number of aliphatic hydroxyl groups excluding tert-OH is 1. The van der Waals surface area contributed by atoms with Crippen molar-refractivity contribution >= 4 is 11.0 Å². The van der Waals surface area contributed by atoms with E-state index in [0.717, 1.165) is 0 Å². The third kappa shape index (κ3) is 1.59. The molecule has 0 bridgehead atoms. The number of aliphatic hydroxyl groups is 1. The number of rotatable bonds is 2. The van der Waals surface area contributed by atoms with Gasteiger partial charge in [-0.05, 0) is 12.1 Å². The molecule has 0 radical (unpaired) electrons. The van der Waals surface area contributed by atoms with Gasteiger partial charge in [0.2, 0.25) is 0 Å². The van der Waals surface area contributed by atoms with Gasteiger partial charge in [-0.15, -0.1) is 0 Å². The van der Waals surface area contributed by atoms with Gasteiger partial charge in [-0.25, -0.2) is 13.8 Å². The molecule has 0 saturated carbocycles. The van der Waals surface area contributed by atoms with Gasteiger partial charge in [0.15, 0.2) is 0 Å². The standard InChI is InChI=1S/C10H10F2N2O/c1-14-5-7(8(15)9(11)12)6-3-2-4-13-10(6)14/h2-5,8-9,15H,1H3. The molecule has 0 aliphatic carbocycles. The smallest absolute Gasteiger partial charge is 0.268 e. The average molecular weight is 212 g/mol. The van der Waals surface area contributed by atoms with E-state index in [1.165, 1.54) is 6.20 Å². The monoisotopic (exact) mass is 212 g/mol. The van der Waals surface area contributed by atoms with Crippen molar-refractivity contribution in [1.82, 2.24) is 9.55 Å². The Hall–Kier alpha value is -1.49. The summed E-state index contributed by atoms with van der Waals surface area (Å²) in [6.45, 7) is 0. The van der Waals surface area contributed by atoms with Crippen LogP contribution in [0.3, 0.4) is 0 Å². The second kappa shape index (κ2) is 3.58. The van der Waals surface area contributed by atoms with Crippen LogP contribution in [0.5, 0.6) is 0 Å². The normalized spacial score (nSPS) is 13.7. The Morgan fingerprint density at radius 2 is 2.20 bits per heavy atom. The van der Waals surface area contributed by atoms with Gasteiger partial charge in [0.1, 0.15) is 11.8 Å². The Kier molecular flexibility index (Phi) is 2.40. The number of aryl methyl sites for hydroxylation is 1. The molecule has 15 heavy (non-hydrogen) atoms.